The van der Waals surface area contributed by atoms with Gasteiger partial charge in [-0.25, -0.2) is 4.79 Å². The van der Waals surface area contributed by atoms with Gasteiger partial charge >= 0.3 is 12.1 Å². The van der Waals surface area contributed by atoms with Crippen LogP contribution in [0.25, 0.3) is 0 Å². The van der Waals surface area contributed by atoms with Crippen molar-refractivity contribution in [3.63, 3.8) is 0 Å². The molecular weight excluding hydrogens is 427 g/mol. The molecule has 2 aromatic rings. The molecule has 0 bridgehead atoms. The first-order valence-electron chi connectivity index (χ1n) is 10.2. The summed E-state index contributed by atoms with van der Waals surface area (Å²) in [5, 5.41) is 11.8. The Morgan fingerprint density at radius 2 is 1.81 bits per heavy atom. The van der Waals surface area contributed by atoms with E-state index >= 15 is 0 Å². The molecule has 2 aromatic carbocycles. The molecular formula is C23H26F3NO5. The molecule has 0 radical (unpaired) electrons. The summed E-state index contributed by atoms with van der Waals surface area (Å²) in [7, 11) is 0. The zero-order chi connectivity index (χ0) is 23.6. The fourth-order valence-electron chi connectivity index (χ4n) is 2.95. The van der Waals surface area contributed by atoms with Crippen LogP contribution in [0.4, 0.5) is 13.2 Å². The Kier molecular flexibility index (Phi) is 9.52. The Bertz CT molecular complexity index is 884. The summed E-state index contributed by atoms with van der Waals surface area (Å²) in [5.74, 6) is -0.755. The van der Waals surface area contributed by atoms with Crippen molar-refractivity contribution in [3.05, 3.63) is 65.2 Å². The second-order valence-corrected chi connectivity index (χ2v) is 7.03. The van der Waals surface area contributed by atoms with Gasteiger partial charge in [0.2, 0.25) is 5.91 Å². The number of amides is 1. The van der Waals surface area contributed by atoms with Gasteiger partial charge in [0.25, 0.3) is 0 Å². The number of nitrogens with one attached hydrogen (secondary N) is 1. The SMILES string of the molecule is CCOC(Cc1ccc(OCCC(=O)NCCc2cccc(C(F)(F)F)c2)cc1)C(=O)O. The van der Waals surface area contributed by atoms with Crippen molar-refractivity contribution in [1.82, 2.24) is 5.32 Å². The first-order chi connectivity index (χ1) is 15.2. The molecule has 0 fully saturated rings. The van der Waals surface area contributed by atoms with E-state index in [1.54, 1.807) is 37.3 Å². The van der Waals surface area contributed by atoms with Crippen LogP contribution in [0.3, 0.4) is 0 Å². The number of carbonyl (C=O) groups excluding carboxylic acids is 1. The minimum absolute atomic E-state index is 0.0930. The van der Waals surface area contributed by atoms with Crippen LogP contribution in [-0.4, -0.2) is 42.8 Å². The Morgan fingerprint density at radius 3 is 2.44 bits per heavy atom. The van der Waals surface area contributed by atoms with Crippen LogP contribution in [0.15, 0.2) is 48.5 Å². The summed E-state index contributed by atoms with van der Waals surface area (Å²) in [5.41, 5.74) is 0.564. The Hall–Kier alpha value is -3.07. The van der Waals surface area contributed by atoms with Gasteiger partial charge in [0.1, 0.15) is 5.75 Å². The van der Waals surface area contributed by atoms with Gasteiger partial charge in [-0.2, -0.15) is 13.2 Å². The molecule has 0 saturated heterocycles. The summed E-state index contributed by atoms with van der Waals surface area (Å²) >= 11 is 0. The quantitative estimate of drug-likeness (QED) is 0.510. The fourth-order valence-corrected chi connectivity index (χ4v) is 2.95. The maximum absolute atomic E-state index is 12.7. The Balaban J connectivity index is 1.70. The molecule has 0 aliphatic carbocycles. The number of ether oxygens (including phenoxy) is 2. The predicted octanol–water partition coefficient (Wildman–Crippen LogP) is 3.87. The van der Waals surface area contributed by atoms with Gasteiger partial charge in [-0.1, -0.05) is 30.3 Å². The molecule has 0 aliphatic rings. The van der Waals surface area contributed by atoms with E-state index in [0.717, 1.165) is 17.7 Å². The van der Waals surface area contributed by atoms with Crippen LogP contribution >= 0.6 is 0 Å². The highest BCUT2D eigenvalue weighted by molar-refractivity contribution is 5.76. The van der Waals surface area contributed by atoms with Crippen LogP contribution in [-0.2, 0) is 33.3 Å². The minimum atomic E-state index is -4.39. The normalized spacial score (nSPS) is 12.2. The maximum Gasteiger partial charge on any atom is 0.416 e. The number of benzene rings is 2. The molecule has 1 atom stereocenters. The van der Waals surface area contributed by atoms with E-state index in [2.05, 4.69) is 5.32 Å². The summed E-state index contributed by atoms with van der Waals surface area (Å²) in [6.07, 6.45) is -4.69. The maximum atomic E-state index is 12.7. The number of rotatable bonds is 12. The topological polar surface area (TPSA) is 84.9 Å². The van der Waals surface area contributed by atoms with Gasteiger partial charge in [-0.15, -0.1) is 0 Å². The summed E-state index contributed by atoms with van der Waals surface area (Å²) in [4.78, 5) is 23.1. The van der Waals surface area contributed by atoms with E-state index in [0.29, 0.717) is 17.9 Å². The molecule has 1 amide bonds. The number of hydrogen-bond acceptors (Lipinski definition) is 4. The monoisotopic (exact) mass is 453 g/mol. The standard InChI is InChI=1S/C23H26F3NO5/c1-2-31-20(22(29)30)15-17-6-8-19(9-7-17)32-13-11-21(28)27-12-10-16-4-3-5-18(14-16)23(24,25)26/h3-9,14,20H,2,10-13,15H2,1H3,(H,27,28)(H,29,30). The van der Waals surface area contributed by atoms with Crippen LogP contribution < -0.4 is 10.1 Å². The van der Waals surface area contributed by atoms with Gasteiger partial charge in [-0.05, 0) is 42.7 Å². The second kappa shape index (κ2) is 12.1. The van der Waals surface area contributed by atoms with Gasteiger partial charge in [0.15, 0.2) is 6.10 Å². The highest BCUT2D eigenvalue weighted by atomic mass is 19.4. The van der Waals surface area contributed by atoms with Crippen molar-refractivity contribution in [3.8, 4) is 5.75 Å². The van der Waals surface area contributed by atoms with E-state index in [1.165, 1.54) is 6.07 Å². The second-order valence-electron chi connectivity index (χ2n) is 7.03. The molecule has 0 saturated carbocycles. The van der Waals surface area contributed by atoms with Gasteiger partial charge in [-0.3, -0.25) is 4.79 Å². The summed E-state index contributed by atoms with van der Waals surface area (Å²) in [6, 6.07) is 11.9. The lowest BCUT2D eigenvalue weighted by atomic mass is 10.1. The van der Waals surface area contributed by atoms with Gasteiger partial charge < -0.3 is 19.9 Å². The van der Waals surface area contributed by atoms with E-state index in [-0.39, 0.29) is 38.3 Å². The highest BCUT2D eigenvalue weighted by Gasteiger charge is 2.30. The van der Waals surface area contributed by atoms with E-state index < -0.39 is 23.8 Å². The number of halogens is 3. The third-order valence-corrected chi connectivity index (χ3v) is 4.58. The molecule has 0 aromatic heterocycles. The van der Waals surface area contributed by atoms with Gasteiger partial charge in [0, 0.05) is 19.6 Å². The van der Waals surface area contributed by atoms with Crippen molar-refractivity contribution in [2.24, 2.45) is 0 Å². The van der Waals surface area contributed by atoms with E-state index in [9.17, 15) is 22.8 Å². The first kappa shape index (κ1) is 25.2. The molecule has 0 aliphatic heterocycles. The first-order valence-corrected chi connectivity index (χ1v) is 10.2. The van der Waals surface area contributed by atoms with Crippen LogP contribution in [0.1, 0.15) is 30.0 Å². The Labute approximate surface area is 184 Å². The lowest BCUT2D eigenvalue weighted by Crippen LogP contribution is -2.27. The molecule has 2 N–H and O–H groups in total. The molecule has 0 heterocycles. The predicted molar refractivity (Wildman–Crippen MR) is 111 cm³/mol. The van der Waals surface area contributed by atoms with Crippen molar-refractivity contribution in [2.75, 3.05) is 19.8 Å². The van der Waals surface area contributed by atoms with Crippen molar-refractivity contribution in [2.45, 2.75) is 38.5 Å². The molecule has 174 valence electrons. The smallest absolute Gasteiger partial charge is 0.416 e. The van der Waals surface area contributed by atoms with Crippen LogP contribution in [0.2, 0.25) is 0 Å². The van der Waals surface area contributed by atoms with Crippen LogP contribution in [0, 0.1) is 0 Å². The van der Waals surface area contributed by atoms with E-state index in [1.807, 2.05) is 0 Å². The average molecular weight is 453 g/mol. The molecule has 2 rings (SSSR count). The molecule has 1 unspecified atom stereocenters. The van der Waals surface area contributed by atoms with Crippen molar-refractivity contribution < 1.29 is 37.3 Å². The zero-order valence-electron chi connectivity index (χ0n) is 17.7. The highest BCUT2D eigenvalue weighted by Crippen LogP contribution is 2.29. The third kappa shape index (κ3) is 8.58. The van der Waals surface area contributed by atoms with Gasteiger partial charge in [0.05, 0.1) is 18.6 Å². The number of hydrogen-bond donors (Lipinski definition) is 2. The number of carboxylic acids is 1. The fraction of sp³-hybridized carbons (Fsp3) is 0.391. The third-order valence-electron chi connectivity index (χ3n) is 4.58. The molecule has 9 heteroatoms. The largest absolute Gasteiger partial charge is 0.493 e. The lowest BCUT2D eigenvalue weighted by molar-refractivity contribution is -0.150. The number of aliphatic carboxylic acids is 1. The van der Waals surface area contributed by atoms with Crippen molar-refractivity contribution in [1.29, 1.82) is 0 Å². The molecule has 0 spiro atoms. The molecule has 6 nitrogen and oxygen atoms in total. The minimum Gasteiger partial charge on any atom is -0.493 e. The van der Waals surface area contributed by atoms with E-state index in [4.69, 9.17) is 14.6 Å². The zero-order valence-corrected chi connectivity index (χ0v) is 17.7. The summed E-state index contributed by atoms with van der Waals surface area (Å²) in [6.45, 7) is 2.39. The number of carboxylic acid groups (broad SMARTS) is 1. The van der Waals surface area contributed by atoms with Crippen LogP contribution in [0.5, 0.6) is 5.75 Å². The molecule has 32 heavy (non-hydrogen) atoms. The lowest BCUT2D eigenvalue weighted by Gasteiger charge is -2.13. The number of carbonyl (C=O) groups is 2. The summed E-state index contributed by atoms with van der Waals surface area (Å²) < 4.78 is 48.9. The Morgan fingerprint density at radius 1 is 1.09 bits per heavy atom. The number of alkyl halides is 3. The average Bonchev–Trinajstić information content (AvgIpc) is 2.74. The van der Waals surface area contributed by atoms with Crippen molar-refractivity contribution >= 4 is 11.9 Å².